The lowest BCUT2D eigenvalue weighted by atomic mass is 9.96. The van der Waals surface area contributed by atoms with Gasteiger partial charge in [-0.25, -0.2) is 9.36 Å². The van der Waals surface area contributed by atoms with Gasteiger partial charge in [-0.1, -0.05) is 29.8 Å². The molecule has 2 aromatic carbocycles. The Bertz CT molecular complexity index is 1310. The minimum Gasteiger partial charge on any atom is -0.354 e. The summed E-state index contributed by atoms with van der Waals surface area (Å²) in [5, 5.41) is 7.74. The number of hydrogen-bond acceptors (Lipinski definition) is 4. The predicted molar refractivity (Wildman–Crippen MR) is 140 cm³/mol. The molecule has 0 radical (unpaired) electrons. The SMILES string of the molecule is CC(C)NC(=O)Cc1nn(-c2ccc(CCN3CCC(C(F)(F)F)CC3)cc2)c(=O)n1-c1cccc(Cl)c1. The summed E-state index contributed by atoms with van der Waals surface area (Å²) < 4.78 is 41.3. The molecule has 1 amide bonds. The van der Waals surface area contributed by atoms with Gasteiger partial charge in [-0.3, -0.25) is 4.79 Å². The second kappa shape index (κ2) is 11.7. The molecule has 2 heterocycles. The van der Waals surface area contributed by atoms with E-state index in [0.29, 0.717) is 42.5 Å². The Morgan fingerprint density at radius 1 is 1.11 bits per heavy atom. The smallest absolute Gasteiger partial charge is 0.354 e. The first-order valence-corrected chi connectivity index (χ1v) is 13.0. The third kappa shape index (κ3) is 6.85. The molecule has 1 fully saturated rings. The fraction of sp³-hybridized carbons (Fsp3) is 0.444. The minimum absolute atomic E-state index is 0.0560. The molecule has 7 nitrogen and oxygen atoms in total. The number of nitrogens with one attached hydrogen (secondary N) is 1. The summed E-state index contributed by atoms with van der Waals surface area (Å²) >= 11 is 6.15. The minimum atomic E-state index is -4.11. The molecule has 0 bridgehead atoms. The van der Waals surface area contributed by atoms with E-state index in [9.17, 15) is 22.8 Å². The molecule has 0 aliphatic carbocycles. The largest absolute Gasteiger partial charge is 0.391 e. The maximum absolute atomic E-state index is 13.4. The van der Waals surface area contributed by atoms with E-state index in [4.69, 9.17) is 11.6 Å². The summed E-state index contributed by atoms with van der Waals surface area (Å²) in [7, 11) is 0. The predicted octanol–water partition coefficient (Wildman–Crippen LogP) is 4.56. The Morgan fingerprint density at radius 3 is 2.39 bits per heavy atom. The zero-order valence-electron chi connectivity index (χ0n) is 21.3. The van der Waals surface area contributed by atoms with Crippen LogP contribution in [0.5, 0.6) is 0 Å². The van der Waals surface area contributed by atoms with Gasteiger partial charge < -0.3 is 10.2 Å². The van der Waals surface area contributed by atoms with Gasteiger partial charge in [0.25, 0.3) is 0 Å². The maximum Gasteiger partial charge on any atom is 0.391 e. The Labute approximate surface area is 224 Å². The molecule has 1 aromatic heterocycles. The average Bonchev–Trinajstić information content (AvgIpc) is 3.17. The highest BCUT2D eigenvalue weighted by atomic mass is 35.5. The summed E-state index contributed by atoms with van der Waals surface area (Å²) in [6, 6.07) is 14.0. The average molecular weight is 550 g/mol. The summed E-state index contributed by atoms with van der Waals surface area (Å²) in [5.74, 6) is -1.18. The van der Waals surface area contributed by atoms with Crippen molar-refractivity contribution in [2.45, 2.75) is 51.7 Å². The van der Waals surface area contributed by atoms with Crippen LogP contribution in [0.3, 0.4) is 0 Å². The van der Waals surface area contributed by atoms with Gasteiger partial charge in [-0.05, 0) is 82.1 Å². The van der Waals surface area contributed by atoms with E-state index >= 15 is 0 Å². The van der Waals surface area contributed by atoms with Crippen LogP contribution in [0.25, 0.3) is 11.4 Å². The van der Waals surface area contributed by atoms with Crippen LogP contribution in [0.2, 0.25) is 5.02 Å². The van der Waals surface area contributed by atoms with Gasteiger partial charge in [-0.15, -0.1) is 5.10 Å². The lowest BCUT2D eigenvalue weighted by Gasteiger charge is -2.32. The second-order valence-corrected chi connectivity index (χ2v) is 10.3. The summed E-state index contributed by atoms with van der Waals surface area (Å²) in [6.45, 7) is 5.25. The van der Waals surface area contributed by atoms with Gasteiger partial charge in [0, 0.05) is 17.6 Å². The molecule has 3 aromatic rings. The van der Waals surface area contributed by atoms with Crippen molar-refractivity contribution in [1.29, 1.82) is 0 Å². The van der Waals surface area contributed by atoms with Crippen LogP contribution < -0.4 is 11.0 Å². The van der Waals surface area contributed by atoms with E-state index < -0.39 is 17.8 Å². The van der Waals surface area contributed by atoms with Crippen LogP contribution in [-0.4, -0.2) is 57.0 Å². The first kappa shape index (κ1) is 27.9. The van der Waals surface area contributed by atoms with Crippen LogP contribution in [-0.2, 0) is 17.6 Å². The summed E-state index contributed by atoms with van der Waals surface area (Å²) in [5.41, 5.74) is 1.62. The topological polar surface area (TPSA) is 72.2 Å². The van der Waals surface area contributed by atoms with Crippen molar-refractivity contribution in [1.82, 2.24) is 24.6 Å². The quantitative estimate of drug-likeness (QED) is 0.447. The number of nitrogens with zero attached hydrogens (tertiary/aromatic N) is 4. The number of likely N-dealkylation sites (tertiary alicyclic amines) is 1. The standard InChI is InChI=1S/C27H31ClF3N5O2/c1-18(2)32-25(37)17-24-33-36(26(38)35(24)23-5-3-4-21(28)16-23)22-8-6-19(7-9-22)10-13-34-14-11-20(12-15-34)27(29,30)31/h3-9,16,18,20H,10-15,17H2,1-2H3,(H,32,37). The van der Waals surface area contributed by atoms with Crippen molar-refractivity contribution >= 4 is 17.5 Å². The van der Waals surface area contributed by atoms with E-state index in [1.165, 1.54) is 9.25 Å². The molecule has 0 saturated carbocycles. The molecule has 0 spiro atoms. The van der Waals surface area contributed by atoms with Crippen LogP contribution in [0, 0.1) is 5.92 Å². The highest BCUT2D eigenvalue weighted by molar-refractivity contribution is 6.30. The Hall–Kier alpha value is -3.11. The number of benzene rings is 2. The molecule has 4 rings (SSSR count). The Kier molecular flexibility index (Phi) is 8.62. The maximum atomic E-state index is 13.4. The number of alkyl halides is 3. The molecule has 1 aliphatic rings. The molecule has 0 unspecified atom stereocenters. The molecule has 204 valence electrons. The number of carbonyl (C=O) groups excluding carboxylic acids is 1. The number of amides is 1. The van der Waals surface area contributed by atoms with E-state index in [1.807, 2.05) is 26.0 Å². The Balaban J connectivity index is 1.50. The summed E-state index contributed by atoms with van der Waals surface area (Å²) in [4.78, 5) is 28.0. The first-order valence-electron chi connectivity index (χ1n) is 12.7. The Morgan fingerprint density at radius 2 is 1.79 bits per heavy atom. The zero-order chi connectivity index (χ0) is 27.4. The normalized spacial score (nSPS) is 15.2. The van der Waals surface area contributed by atoms with Crippen LogP contribution >= 0.6 is 11.6 Å². The van der Waals surface area contributed by atoms with E-state index in [2.05, 4.69) is 15.3 Å². The number of halogens is 4. The van der Waals surface area contributed by atoms with Crippen molar-refractivity contribution in [3.8, 4) is 11.4 Å². The third-order valence-corrected chi connectivity index (χ3v) is 6.86. The van der Waals surface area contributed by atoms with Crippen molar-refractivity contribution < 1.29 is 18.0 Å². The molecular formula is C27H31ClF3N5O2. The van der Waals surface area contributed by atoms with Crippen molar-refractivity contribution in [3.63, 3.8) is 0 Å². The number of hydrogen-bond donors (Lipinski definition) is 1. The van der Waals surface area contributed by atoms with Gasteiger partial charge in [0.15, 0.2) is 0 Å². The van der Waals surface area contributed by atoms with Crippen LogP contribution in [0.1, 0.15) is 38.1 Å². The second-order valence-electron chi connectivity index (χ2n) is 9.90. The van der Waals surface area contributed by atoms with Crippen molar-refractivity contribution in [2.24, 2.45) is 5.92 Å². The molecular weight excluding hydrogens is 519 g/mol. The monoisotopic (exact) mass is 549 g/mol. The van der Waals surface area contributed by atoms with Gasteiger partial charge >= 0.3 is 11.9 Å². The van der Waals surface area contributed by atoms with Gasteiger partial charge in [0.1, 0.15) is 5.82 Å². The zero-order valence-corrected chi connectivity index (χ0v) is 22.1. The molecule has 1 saturated heterocycles. The lowest BCUT2D eigenvalue weighted by Crippen LogP contribution is -2.39. The number of aromatic nitrogens is 3. The highest BCUT2D eigenvalue weighted by Crippen LogP contribution is 2.34. The fourth-order valence-corrected chi connectivity index (χ4v) is 4.84. The number of carbonyl (C=O) groups is 1. The number of piperidine rings is 1. The van der Waals surface area contributed by atoms with E-state index in [-0.39, 0.29) is 37.0 Å². The van der Waals surface area contributed by atoms with Gasteiger partial charge in [0.05, 0.1) is 23.7 Å². The number of rotatable bonds is 8. The van der Waals surface area contributed by atoms with E-state index in [0.717, 1.165) is 5.56 Å². The highest BCUT2D eigenvalue weighted by Gasteiger charge is 2.40. The van der Waals surface area contributed by atoms with E-state index in [1.54, 1.807) is 36.4 Å². The van der Waals surface area contributed by atoms with Crippen molar-refractivity contribution in [3.05, 3.63) is 75.4 Å². The van der Waals surface area contributed by atoms with Gasteiger partial charge in [0.2, 0.25) is 5.91 Å². The lowest BCUT2D eigenvalue weighted by molar-refractivity contribution is -0.185. The third-order valence-electron chi connectivity index (χ3n) is 6.63. The van der Waals surface area contributed by atoms with Crippen LogP contribution in [0.4, 0.5) is 13.2 Å². The molecule has 38 heavy (non-hydrogen) atoms. The van der Waals surface area contributed by atoms with Gasteiger partial charge in [-0.2, -0.15) is 17.9 Å². The molecule has 11 heteroatoms. The molecule has 1 N–H and O–H groups in total. The van der Waals surface area contributed by atoms with Crippen molar-refractivity contribution in [2.75, 3.05) is 19.6 Å². The molecule has 0 atom stereocenters. The fourth-order valence-electron chi connectivity index (χ4n) is 4.66. The first-order chi connectivity index (χ1) is 18.0. The molecule has 1 aliphatic heterocycles. The van der Waals surface area contributed by atoms with Crippen LogP contribution in [0.15, 0.2) is 53.3 Å². The summed E-state index contributed by atoms with van der Waals surface area (Å²) in [6.07, 6.45) is -3.24.